The first-order chi connectivity index (χ1) is 12.4. The van der Waals surface area contributed by atoms with Crippen LogP contribution in [-0.4, -0.2) is 36.1 Å². The largest absolute Gasteiger partial charge is 0.404 e. The zero-order valence-corrected chi connectivity index (χ0v) is 15.0. The molecule has 0 spiro atoms. The molecule has 6 heteroatoms. The number of hydrogen-bond acceptors (Lipinski definition) is 2. The van der Waals surface area contributed by atoms with Gasteiger partial charge in [0.25, 0.3) is 0 Å². The van der Waals surface area contributed by atoms with Crippen molar-refractivity contribution in [1.82, 2.24) is 10.2 Å². The Morgan fingerprint density at radius 3 is 2.38 bits per heavy atom. The van der Waals surface area contributed by atoms with E-state index in [2.05, 4.69) is 5.32 Å². The van der Waals surface area contributed by atoms with Crippen molar-refractivity contribution >= 4 is 5.91 Å². The third-order valence-corrected chi connectivity index (χ3v) is 5.77. The van der Waals surface area contributed by atoms with Gasteiger partial charge in [0, 0.05) is 19.1 Å². The van der Waals surface area contributed by atoms with Crippen LogP contribution in [0.4, 0.5) is 13.2 Å². The van der Waals surface area contributed by atoms with E-state index < -0.39 is 17.5 Å². The number of carbonyl (C=O) groups is 1. The van der Waals surface area contributed by atoms with E-state index in [1.807, 2.05) is 30.3 Å². The maximum Gasteiger partial charge on any atom is 0.404 e. The van der Waals surface area contributed by atoms with Gasteiger partial charge < -0.3 is 5.32 Å². The molecule has 2 aliphatic rings. The zero-order chi connectivity index (χ0) is 18.6. The molecule has 1 aliphatic carbocycles. The fourth-order valence-electron chi connectivity index (χ4n) is 4.16. The van der Waals surface area contributed by atoms with Gasteiger partial charge >= 0.3 is 6.18 Å². The molecule has 144 valence electrons. The molecule has 1 unspecified atom stereocenters. The van der Waals surface area contributed by atoms with Gasteiger partial charge in [-0.05, 0) is 31.4 Å². The molecule has 1 heterocycles. The summed E-state index contributed by atoms with van der Waals surface area (Å²) >= 11 is 0. The van der Waals surface area contributed by atoms with Crippen LogP contribution < -0.4 is 5.32 Å². The molecule has 3 nitrogen and oxygen atoms in total. The standard InChI is InChI=1S/C20H27F3N2O/c21-20(22,23)19(18(26)24-17-10-6-1-2-7-11-17)12-13-25(15-19)14-16-8-4-3-5-9-16/h3-5,8-9,17H,1-2,6-7,10-15H2,(H,24,26). The number of hydrogen-bond donors (Lipinski definition) is 1. The quantitative estimate of drug-likeness (QED) is 0.805. The van der Waals surface area contributed by atoms with Gasteiger partial charge in [-0.3, -0.25) is 9.69 Å². The average molecular weight is 368 g/mol. The molecule has 0 radical (unpaired) electrons. The highest BCUT2D eigenvalue weighted by molar-refractivity contribution is 5.84. The predicted octanol–water partition coefficient (Wildman–Crippen LogP) is 4.28. The van der Waals surface area contributed by atoms with Crippen LogP contribution in [0.25, 0.3) is 0 Å². The first-order valence-corrected chi connectivity index (χ1v) is 9.55. The highest BCUT2D eigenvalue weighted by Crippen LogP contribution is 2.46. The molecule has 0 bridgehead atoms. The van der Waals surface area contributed by atoms with Crippen molar-refractivity contribution in [3.8, 4) is 0 Å². The van der Waals surface area contributed by atoms with E-state index >= 15 is 0 Å². The fourth-order valence-corrected chi connectivity index (χ4v) is 4.16. The second kappa shape index (κ2) is 7.99. The van der Waals surface area contributed by atoms with Crippen molar-refractivity contribution in [3.63, 3.8) is 0 Å². The molecule has 26 heavy (non-hydrogen) atoms. The van der Waals surface area contributed by atoms with Crippen molar-refractivity contribution in [2.75, 3.05) is 13.1 Å². The molecule has 2 fully saturated rings. The highest BCUT2D eigenvalue weighted by Gasteiger charge is 2.63. The summed E-state index contributed by atoms with van der Waals surface area (Å²) in [4.78, 5) is 14.5. The Bertz CT molecular complexity index is 597. The lowest BCUT2D eigenvalue weighted by Gasteiger charge is -2.32. The van der Waals surface area contributed by atoms with Gasteiger partial charge in [-0.2, -0.15) is 13.2 Å². The molecule has 1 amide bonds. The van der Waals surface area contributed by atoms with Crippen LogP contribution in [0.2, 0.25) is 0 Å². The Morgan fingerprint density at radius 1 is 1.12 bits per heavy atom. The van der Waals surface area contributed by atoms with Gasteiger partial charge in [-0.15, -0.1) is 0 Å². The van der Waals surface area contributed by atoms with Crippen LogP contribution in [0.1, 0.15) is 50.5 Å². The van der Waals surface area contributed by atoms with Crippen LogP contribution in [0, 0.1) is 5.41 Å². The average Bonchev–Trinajstić information content (AvgIpc) is 2.87. The smallest absolute Gasteiger partial charge is 0.353 e. The van der Waals surface area contributed by atoms with Crippen LogP contribution in [-0.2, 0) is 11.3 Å². The normalized spacial score (nSPS) is 25.8. The summed E-state index contributed by atoms with van der Waals surface area (Å²) in [6.45, 7) is 0.464. The number of nitrogens with one attached hydrogen (secondary N) is 1. The van der Waals surface area contributed by atoms with E-state index in [-0.39, 0.29) is 25.6 Å². The van der Waals surface area contributed by atoms with Crippen molar-refractivity contribution in [2.45, 2.75) is 63.7 Å². The summed E-state index contributed by atoms with van der Waals surface area (Å²) in [5, 5.41) is 2.75. The minimum Gasteiger partial charge on any atom is -0.353 e. The maximum absolute atomic E-state index is 13.9. The first-order valence-electron chi connectivity index (χ1n) is 9.55. The van der Waals surface area contributed by atoms with Gasteiger partial charge in [-0.25, -0.2) is 0 Å². The number of amides is 1. The number of rotatable bonds is 4. The summed E-state index contributed by atoms with van der Waals surface area (Å²) < 4.78 is 41.8. The van der Waals surface area contributed by atoms with E-state index in [1.54, 1.807) is 4.90 Å². The minimum atomic E-state index is -4.53. The summed E-state index contributed by atoms with van der Waals surface area (Å²) in [7, 11) is 0. The maximum atomic E-state index is 13.9. The van der Waals surface area contributed by atoms with E-state index in [0.717, 1.165) is 44.1 Å². The molecule has 1 atom stereocenters. The van der Waals surface area contributed by atoms with Crippen molar-refractivity contribution in [3.05, 3.63) is 35.9 Å². The van der Waals surface area contributed by atoms with Gasteiger partial charge in [0.2, 0.25) is 5.91 Å². The van der Waals surface area contributed by atoms with Crippen LogP contribution >= 0.6 is 0 Å². The molecule has 3 rings (SSSR count). The second-order valence-electron chi connectivity index (χ2n) is 7.69. The zero-order valence-electron chi connectivity index (χ0n) is 15.0. The SMILES string of the molecule is O=C(NC1CCCCCC1)C1(C(F)(F)F)CCN(Cc2ccccc2)C1. The van der Waals surface area contributed by atoms with Crippen LogP contribution in [0.3, 0.4) is 0 Å². The van der Waals surface area contributed by atoms with Gasteiger partial charge in [0.1, 0.15) is 0 Å². The number of likely N-dealkylation sites (tertiary alicyclic amines) is 1. The first kappa shape index (κ1) is 19.2. The molecular weight excluding hydrogens is 341 g/mol. The molecule has 0 aromatic heterocycles. The van der Waals surface area contributed by atoms with Crippen molar-refractivity contribution < 1.29 is 18.0 Å². The van der Waals surface area contributed by atoms with E-state index in [0.29, 0.717) is 6.54 Å². The number of nitrogens with zero attached hydrogens (tertiary/aromatic N) is 1. The van der Waals surface area contributed by atoms with Crippen LogP contribution in [0.5, 0.6) is 0 Å². The Hall–Kier alpha value is -1.56. The van der Waals surface area contributed by atoms with Gasteiger partial charge in [-0.1, -0.05) is 56.0 Å². The summed E-state index contributed by atoms with van der Waals surface area (Å²) in [6.07, 6.45) is 1.02. The summed E-state index contributed by atoms with van der Waals surface area (Å²) in [5.74, 6) is -0.826. The lowest BCUT2D eigenvalue weighted by atomic mass is 9.84. The number of halogens is 3. The third-order valence-electron chi connectivity index (χ3n) is 5.77. The van der Waals surface area contributed by atoms with E-state index in [9.17, 15) is 18.0 Å². The van der Waals surface area contributed by atoms with Crippen molar-refractivity contribution in [1.29, 1.82) is 0 Å². The third kappa shape index (κ3) is 4.22. The summed E-state index contributed by atoms with van der Waals surface area (Å²) in [5.41, 5.74) is -1.32. The van der Waals surface area contributed by atoms with E-state index in [1.165, 1.54) is 0 Å². The monoisotopic (exact) mass is 368 g/mol. The molecular formula is C20H27F3N2O. The predicted molar refractivity (Wildman–Crippen MR) is 94.5 cm³/mol. The number of alkyl halides is 3. The second-order valence-corrected chi connectivity index (χ2v) is 7.69. The molecule has 1 aliphatic heterocycles. The fraction of sp³-hybridized carbons (Fsp3) is 0.650. The van der Waals surface area contributed by atoms with E-state index in [4.69, 9.17) is 0 Å². The van der Waals surface area contributed by atoms with Gasteiger partial charge in [0.05, 0.1) is 0 Å². The molecule has 1 saturated heterocycles. The van der Waals surface area contributed by atoms with Gasteiger partial charge in [0.15, 0.2) is 5.41 Å². The van der Waals surface area contributed by atoms with Crippen molar-refractivity contribution in [2.24, 2.45) is 5.41 Å². The topological polar surface area (TPSA) is 32.3 Å². The molecule has 1 N–H and O–H groups in total. The number of carbonyl (C=O) groups excluding carboxylic acids is 1. The highest BCUT2D eigenvalue weighted by atomic mass is 19.4. The number of benzene rings is 1. The summed E-state index contributed by atoms with van der Waals surface area (Å²) in [6, 6.07) is 9.32. The lowest BCUT2D eigenvalue weighted by molar-refractivity contribution is -0.218. The Morgan fingerprint density at radius 2 is 1.77 bits per heavy atom. The Kier molecular flexibility index (Phi) is 5.90. The lowest BCUT2D eigenvalue weighted by Crippen LogP contribution is -2.54. The molecule has 1 aromatic rings. The van der Waals surface area contributed by atoms with Crippen LogP contribution in [0.15, 0.2) is 30.3 Å². The Balaban J connectivity index is 1.70. The molecule has 1 aromatic carbocycles. The molecule has 1 saturated carbocycles. The Labute approximate surface area is 152 Å². The minimum absolute atomic E-state index is 0.118.